The molecule has 0 aromatic carbocycles. The van der Waals surface area contributed by atoms with Crippen molar-refractivity contribution >= 4 is 17.7 Å². The van der Waals surface area contributed by atoms with Gasteiger partial charge >= 0.3 is 6.18 Å². The van der Waals surface area contributed by atoms with Crippen LogP contribution < -0.4 is 11.1 Å². The normalized spacial score (nSPS) is 19.1. The van der Waals surface area contributed by atoms with Crippen molar-refractivity contribution in [3.05, 3.63) is 11.8 Å². The molecule has 1 fully saturated rings. The zero-order valence-electron chi connectivity index (χ0n) is 11.6. The number of hydrogen-bond donors (Lipinski definition) is 3. The van der Waals surface area contributed by atoms with Gasteiger partial charge in [-0.25, -0.2) is 4.98 Å². The fourth-order valence-corrected chi connectivity index (χ4v) is 2.29. The van der Waals surface area contributed by atoms with Crippen LogP contribution in [0.5, 0.6) is 0 Å². The van der Waals surface area contributed by atoms with Gasteiger partial charge in [-0.1, -0.05) is 0 Å². The number of aliphatic hydroxyl groups is 1. The first-order chi connectivity index (χ1) is 10.3. The van der Waals surface area contributed by atoms with E-state index in [0.29, 0.717) is 32.1 Å². The zero-order valence-corrected chi connectivity index (χ0v) is 11.6. The summed E-state index contributed by atoms with van der Waals surface area (Å²) in [5, 5.41) is 11.7. The molecule has 1 aromatic heterocycles. The lowest BCUT2D eigenvalue weighted by atomic mass is 10.1. The number of alkyl halides is 3. The molecule has 1 saturated heterocycles. The number of hydrogen-bond acceptors (Lipinski definition) is 6. The molecule has 10 heteroatoms. The van der Waals surface area contributed by atoms with Crippen molar-refractivity contribution < 1.29 is 23.1 Å². The molecule has 1 amide bonds. The second kappa shape index (κ2) is 6.34. The van der Waals surface area contributed by atoms with Gasteiger partial charge in [-0.05, 0) is 12.8 Å². The van der Waals surface area contributed by atoms with Gasteiger partial charge in [-0.3, -0.25) is 4.79 Å². The van der Waals surface area contributed by atoms with Crippen LogP contribution in [0.3, 0.4) is 0 Å². The molecule has 2 rings (SSSR count). The number of carbonyl (C=O) groups excluding carboxylic acids is 1. The number of piperidine rings is 1. The average Bonchev–Trinajstić information content (AvgIpc) is 2.45. The zero-order chi connectivity index (χ0) is 16.3. The third-order valence-electron chi connectivity index (χ3n) is 3.37. The van der Waals surface area contributed by atoms with E-state index in [2.05, 4.69) is 15.3 Å². The molecule has 1 aromatic rings. The molecule has 7 nitrogen and oxygen atoms in total. The highest BCUT2D eigenvalue weighted by atomic mass is 19.4. The van der Waals surface area contributed by atoms with Gasteiger partial charge in [-0.2, -0.15) is 18.2 Å². The molecule has 0 radical (unpaired) electrons. The Hall–Kier alpha value is -2.10. The third-order valence-corrected chi connectivity index (χ3v) is 3.37. The Balaban J connectivity index is 2.05. The molecule has 1 aliphatic rings. The van der Waals surface area contributed by atoms with Crippen LogP contribution in [-0.4, -0.2) is 51.6 Å². The van der Waals surface area contributed by atoms with Crippen LogP contribution in [0, 0.1) is 0 Å². The lowest BCUT2D eigenvalue weighted by molar-refractivity contribution is -0.137. The summed E-state index contributed by atoms with van der Waals surface area (Å²) in [4.78, 5) is 20.1. The second-order valence-electron chi connectivity index (χ2n) is 4.97. The summed E-state index contributed by atoms with van der Waals surface area (Å²) in [5.74, 6) is -1.06. The number of amides is 1. The van der Waals surface area contributed by atoms with E-state index >= 15 is 0 Å². The van der Waals surface area contributed by atoms with Crippen molar-refractivity contribution in [1.29, 1.82) is 0 Å². The average molecular weight is 319 g/mol. The van der Waals surface area contributed by atoms with Crippen molar-refractivity contribution in [1.82, 2.24) is 14.9 Å². The topological polar surface area (TPSA) is 104 Å². The number of nitrogen functional groups attached to an aromatic ring is 1. The maximum Gasteiger partial charge on any atom is 0.421 e. The number of aliphatic hydroxyl groups excluding tert-OH is 1. The van der Waals surface area contributed by atoms with Crippen LogP contribution >= 0.6 is 0 Å². The highest BCUT2D eigenvalue weighted by Crippen LogP contribution is 2.32. The SMILES string of the molecule is Nc1nc(N[C@H]2CCCN(C(=O)CO)C2)ncc1C(F)(F)F. The van der Waals surface area contributed by atoms with Gasteiger partial charge < -0.3 is 21.1 Å². The molecule has 2 heterocycles. The monoisotopic (exact) mass is 319 g/mol. The van der Waals surface area contributed by atoms with Gasteiger partial charge in [0.2, 0.25) is 11.9 Å². The summed E-state index contributed by atoms with van der Waals surface area (Å²) in [5.41, 5.74) is 4.22. The number of anilines is 2. The molecule has 0 aliphatic carbocycles. The van der Waals surface area contributed by atoms with E-state index in [9.17, 15) is 18.0 Å². The van der Waals surface area contributed by atoms with Crippen molar-refractivity contribution in [2.45, 2.75) is 25.1 Å². The van der Waals surface area contributed by atoms with E-state index in [-0.39, 0.29) is 17.9 Å². The summed E-state index contributed by atoms with van der Waals surface area (Å²) in [6.45, 7) is 0.285. The first kappa shape index (κ1) is 16.3. The maximum absolute atomic E-state index is 12.6. The largest absolute Gasteiger partial charge is 0.421 e. The predicted molar refractivity (Wildman–Crippen MR) is 71.8 cm³/mol. The molecule has 4 N–H and O–H groups in total. The van der Waals surface area contributed by atoms with E-state index in [0.717, 1.165) is 0 Å². The highest BCUT2D eigenvalue weighted by Gasteiger charge is 2.34. The number of aromatic nitrogens is 2. The maximum atomic E-state index is 12.6. The first-order valence-electron chi connectivity index (χ1n) is 6.66. The minimum absolute atomic E-state index is 0.0196. The summed E-state index contributed by atoms with van der Waals surface area (Å²) in [6.07, 6.45) is -2.55. The Bertz CT molecular complexity index is 552. The number of likely N-dealkylation sites (tertiary alicyclic amines) is 1. The Kier molecular flexibility index (Phi) is 4.69. The molecule has 22 heavy (non-hydrogen) atoms. The molecular formula is C12H16F3N5O2. The van der Waals surface area contributed by atoms with Crippen LogP contribution in [0.4, 0.5) is 24.9 Å². The second-order valence-corrected chi connectivity index (χ2v) is 4.97. The van der Waals surface area contributed by atoms with Crippen LogP contribution in [0.15, 0.2) is 6.20 Å². The molecular weight excluding hydrogens is 303 g/mol. The highest BCUT2D eigenvalue weighted by molar-refractivity contribution is 5.77. The van der Waals surface area contributed by atoms with Gasteiger partial charge in [0.15, 0.2) is 0 Å². The van der Waals surface area contributed by atoms with Gasteiger partial charge in [-0.15, -0.1) is 0 Å². The number of nitrogens with one attached hydrogen (secondary N) is 1. The lowest BCUT2D eigenvalue weighted by Crippen LogP contribution is -2.46. The lowest BCUT2D eigenvalue weighted by Gasteiger charge is -2.32. The van der Waals surface area contributed by atoms with Crippen molar-refractivity contribution in [3.8, 4) is 0 Å². The number of nitrogens with two attached hydrogens (primary N) is 1. The van der Waals surface area contributed by atoms with Gasteiger partial charge in [0, 0.05) is 25.3 Å². The molecule has 0 spiro atoms. The Morgan fingerprint density at radius 1 is 1.55 bits per heavy atom. The van der Waals surface area contributed by atoms with E-state index in [1.165, 1.54) is 4.90 Å². The molecule has 0 unspecified atom stereocenters. The number of carbonyl (C=O) groups is 1. The van der Waals surface area contributed by atoms with Crippen LogP contribution in [-0.2, 0) is 11.0 Å². The number of rotatable bonds is 3. The number of halogens is 3. The Morgan fingerprint density at radius 2 is 2.27 bits per heavy atom. The van der Waals surface area contributed by atoms with Crippen molar-refractivity contribution in [3.63, 3.8) is 0 Å². The van der Waals surface area contributed by atoms with Gasteiger partial charge in [0.25, 0.3) is 0 Å². The minimum atomic E-state index is -4.60. The van der Waals surface area contributed by atoms with E-state index in [1.807, 2.05) is 0 Å². The molecule has 1 aliphatic heterocycles. The summed E-state index contributed by atoms with van der Waals surface area (Å²) >= 11 is 0. The molecule has 1 atom stereocenters. The van der Waals surface area contributed by atoms with E-state index < -0.39 is 24.2 Å². The van der Waals surface area contributed by atoms with E-state index in [4.69, 9.17) is 10.8 Å². The summed E-state index contributed by atoms with van der Waals surface area (Å²) < 4.78 is 37.7. The van der Waals surface area contributed by atoms with Crippen molar-refractivity contribution in [2.24, 2.45) is 0 Å². The fourth-order valence-electron chi connectivity index (χ4n) is 2.29. The quantitative estimate of drug-likeness (QED) is 0.748. The molecule has 0 saturated carbocycles. The van der Waals surface area contributed by atoms with Gasteiger partial charge in [0.1, 0.15) is 18.0 Å². The predicted octanol–water partition coefficient (Wildman–Crippen LogP) is 0.473. The first-order valence-corrected chi connectivity index (χ1v) is 6.66. The molecule has 122 valence electrons. The number of nitrogens with zero attached hydrogens (tertiary/aromatic N) is 3. The Morgan fingerprint density at radius 3 is 2.86 bits per heavy atom. The minimum Gasteiger partial charge on any atom is -0.387 e. The smallest absolute Gasteiger partial charge is 0.387 e. The Labute approximate surface area is 124 Å². The van der Waals surface area contributed by atoms with Crippen molar-refractivity contribution in [2.75, 3.05) is 30.7 Å². The van der Waals surface area contributed by atoms with Gasteiger partial charge in [0.05, 0.1) is 0 Å². The molecule has 0 bridgehead atoms. The third kappa shape index (κ3) is 3.75. The van der Waals surface area contributed by atoms with E-state index in [1.54, 1.807) is 0 Å². The summed E-state index contributed by atoms with van der Waals surface area (Å²) in [7, 11) is 0. The fraction of sp³-hybridized carbons (Fsp3) is 0.583. The standard InChI is InChI=1S/C12H16F3N5O2/c13-12(14,15)8-4-17-11(19-10(8)16)18-7-2-1-3-20(5-7)9(22)6-21/h4,7,21H,1-3,5-6H2,(H3,16,17,18,19)/t7-/m0/s1. The van der Waals surface area contributed by atoms with Crippen LogP contribution in [0.25, 0.3) is 0 Å². The van der Waals surface area contributed by atoms with Crippen LogP contribution in [0.1, 0.15) is 18.4 Å². The van der Waals surface area contributed by atoms with Crippen LogP contribution in [0.2, 0.25) is 0 Å². The summed E-state index contributed by atoms with van der Waals surface area (Å²) in [6, 6.07) is -0.208.